The van der Waals surface area contributed by atoms with Gasteiger partial charge in [0, 0.05) is 18.3 Å². The summed E-state index contributed by atoms with van der Waals surface area (Å²) in [5.41, 5.74) is 1.77. The average molecular weight is 438 g/mol. The minimum atomic E-state index is -3.91. The lowest BCUT2D eigenvalue weighted by atomic mass is 10.1. The molecular weight excluding hydrogens is 414 g/mol. The molecule has 0 heterocycles. The Kier molecular flexibility index (Phi) is 7.17. The van der Waals surface area contributed by atoms with Crippen molar-refractivity contribution in [2.24, 2.45) is 0 Å². The summed E-state index contributed by atoms with van der Waals surface area (Å²) in [4.78, 5) is 24.4. The van der Waals surface area contributed by atoms with E-state index in [-0.39, 0.29) is 17.2 Å². The summed E-state index contributed by atoms with van der Waals surface area (Å²) in [7, 11) is -3.91. The van der Waals surface area contributed by atoms with Crippen LogP contribution in [0.3, 0.4) is 0 Å². The zero-order valence-corrected chi connectivity index (χ0v) is 17.7. The number of sulfonamides is 1. The maximum absolute atomic E-state index is 13.0. The first-order valence-electron chi connectivity index (χ1n) is 9.63. The Morgan fingerprint density at radius 1 is 0.806 bits per heavy atom. The molecule has 3 aromatic rings. The zero-order valence-electron chi connectivity index (χ0n) is 16.9. The maximum atomic E-state index is 13.0. The van der Waals surface area contributed by atoms with E-state index in [0.717, 1.165) is 5.56 Å². The Hall–Kier alpha value is -3.49. The van der Waals surface area contributed by atoms with Gasteiger partial charge in [0.2, 0.25) is 21.8 Å². The monoisotopic (exact) mass is 437 g/mol. The molecule has 0 saturated carbocycles. The van der Waals surface area contributed by atoms with E-state index in [4.69, 9.17) is 0 Å². The number of carbonyl (C=O) groups excluding carboxylic acids is 2. The topological polar surface area (TPSA) is 104 Å². The second kappa shape index (κ2) is 10.0. The van der Waals surface area contributed by atoms with Crippen molar-refractivity contribution in [3.05, 3.63) is 90.5 Å². The van der Waals surface area contributed by atoms with Gasteiger partial charge in [0.1, 0.15) is 6.04 Å². The van der Waals surface area contributed by atoms with Gasteiger partial charge in [0.15, 0.2) is 0 Å². The molecule has 1 atom stereocenters. The highest BCUT2D eigenvalue weighted by Gasteiger charge is 2.26. The fraction of sp³-hybridized carbons (Fsp3) is 0.130. The number of rotatable bonds is 8. The predicted octanol–water partition coefficient (Wildman–Crippen LogP) is 3.17. The standard InChI is InChI=1S/C23H23N3O4S/c1-17(27)24-19-11-8-12-20(16-19)25-23(28)22(15-18-9-4-2-5-10-18)26-31(29,30)21-13-6-3-7-14-21/h2-14,16,22,26H,15H2,1H3,(H,24,27)(H,25,28)/t22-/m0/s1. The minimum Gasteiger partial charge on any atom is -0.326 e. The highest BCUT2D eigenvalue weighted by Crippen LogP contribution is 2.17. The molecule has 0 aliphatic heterocycles. The van der Waals surface area contributed by atoms with Crippen molar-refractivity contribution in [3.8, 4) is 0 Å². The first kappa shape index (κ1) is 22.2. The van der Waals surface area contributed by atoms with Crippen LogP contribution in [0.2, 0.25) is 0 Å². The largest absolute Gasteiger partial charge is 0.326 e. The smallest absolute Gasteiger partial charge is 0.242 e. The van der Waals surface area contributed by atoms with Gasteiger partial charge in [-0.15, -0.1) is 0 Å². The van der Waals surface area contributed by atoms with Crippen molar-refractivity contribution in [2.45, 2.75) is 24.3 Å². The van der Waals surface area contributed by atoms with Crippen LogP contribution >= 0.6 is 0 Å². The van der Waals surface area contributed by atoms with E-state index in [2.05, 4.69) is 15.4 Å². The molecule has 0 aliphatic rings. The van der Waals surface area contributed by atoms with Gasteiger partial charge in [0.05, 0.1) is 4.90 Å². The van der Waals surface area contributed by atoms with Crippen LogP contribution in [0.15, 0.2) is 89.8 Å². The Labute approximate surface area is 181 Å². The summed E-state index contributed by atoms with van der Waals surface area (Å²) < 4.78 is 28.2. The molecule has 0 bridgehead atoms. The first-order chi connectivity index (χ1) is 14.8. The van der Waals surface area contributed by atoms with Crippen LogP contribution in [0.4, 0.5) is 11.4 Å². The van der Waals surface area contributed by atoms with E-state index >= 15 is 0 Å². The van der Waals surface area contributed by atoms with Crippen molar-refractivity contribution >= 4 is 33.2 Å². The highest BCUT2D eigenvalue weighted by atomic mass is 32.2. The number of carbonyl (C=O) groups is 2. The van der Waals surface area contributed by atoms with Crippen molar-refractivity contribution in [1.82, 2.24) is 4.72 Å². The second-order valence-corrected chi connectivity index (χ2v) is 8.64. The number of nitrogens with one attached hydrogen (secondary N) is 3. The van der Waals surface area contributed by atoms with Crippen LogP contribution in [0.5, 0.6) is 0 Å². The quantitative estimate of drug-likeness (QED) is 0.503. The summed E-state index contributed by atoms with van der Waals surface area (Å²) in [6, 6.07) is 22.6. The van der Waals surface area contributed by atoms with E-state index in [9.17, 15) is 18.0 Å². The molecule has 7 nitrogen and oxygen atoms in total. The Bertz CT molecular complexity index is 1150. The predicted molar refractivity (Wildman–Crippen MR) is 120 cm³/mol. The lowest BCUT2D eigenvalue weighted by Crippen LogP contribution is -2.45. The molecule has 0 radical (unpaired) electrons. The molecule has 0 fully saturated rings. The molecule has 0 aliphatic carbocycles. The summed E-state index contributed by atoms with van der Waals surface area (Å²) in [5, 5.41) is 5.38. The van der Waals surface area contributed by atoms with Gasteiger partial charge in [0.25, 0.3) is 0 Å². The third-order valence-electron chi connectivity index (χ3n) is 4.40. The first-order valence-corrected chi connectivity index (χ1v) is 11.1. The van der Waals surface area contributed by atoms with E-state index in [1.807, 2.05) is 30.3 Å². The van der Waals surface area contributed by atoms with Gasteiger partial charge in [-0.25, -0.2) is 8.42 Å². The summed E-state index contributed by atoms with van der Waals surface area (Å²) in [5.74, 6) is -0.746. The zero-order chi connectivity index (χ0) is 22.3. The fourth-order valence-electron chi connectivity index (χ4n) is 3.00. The lowest BCUT2D eigenvalue weighted by molar-refractivity contribution is -0.117. The molecule has 0 unspecified atom stereocenters. The van der Waals surface area contributed by atoms with Crippen LogP contribution < -0.4 is 15.4 Å². The molecule has 0 saturated heterocycles. The molecule has 160 valence electrons. The molecule has 8 heteroatoms. The fourth-order valence-corrected chi connectivity index (χ4v) is 4.22. The molecular formula is C23H23N3O4S. The van der Waals surface area contributed by atoms with E-state index in [1.54, 1.807) is 42.5 Å². The number of anilines is 2. The number of hydrogen-bond donors (Lipinski definition) is 3. The third kappa shape index (κ3) is 6.50. The van der Waals surface area contributed by atoms with Gasteiger partial charge >= 0.3 is 0 Å². The molecule has 2 amide bonds. The van der Waals surface area contributed by atoms with Crippen molar-refractivity contribution in [2.75, 3.05) is 10.6 Å². The number of amides is 2. The van der Waals surface area contributed by atoms with Gasteiger partial charge in [-0.3, -0.25) is 9.59 Å². The summed E-state index contributed by atoms with van der Waals surface area (Å²) in [6.07, 6.45) is 0.171. The maximum Gasteiger partial charge on any atom is 0.242 e. The SMILES string of the molecule is CC(=O)Nc1cccc(NC(=O)[C@H](Cc2ccccc2)NS(=O)(=O)c2ccccc2)c1. The van der Waals surface area contributed by atoms with Crippen LogP contribution in [-0.2, 0) is 26.0 Å². The molecule has 3 aromatic carbocycles. The molecule has 0 aromatic heterocycles. The van der Waals surface area contributed by atoms with Gasteiger partial charge in [-0.2, -0.15) is 4.72 Å². The Balaban J connectivity index is 1.83. The van der Waals surface area contributed by atoms with E-state index < -0.39 is 22.0 Å². The molecule has 3 N–H and O–H groups in total. The summed E-state index contributed by atoms with van der Waals surface area (Å²) >= 11 is 0. The second-order valence-electron chi connectivity index (χ2n) is 6.93. The average Bonchev–Trinajstić information content (AvgIpc) is 2.74. The molecule has 0 spiro atoms. The Morgan fingerprint density at radius 3 is 2.00 bits per heavy atom. The van der Waals surface area contributed by atoms with E-state index in [0.29, 0.717) is 11.4 Å². The highest BCUT2D eigenvalue weighted by molar-refractivity contribution is 7.89. The van der Waals surface area contributed by atoms with Crippen molar-refractivity contribution in [3.63, 3.8) is 0 Å². The summed E-state index contributed by atoms with van der Waals surface area (Å²) in [6.45, 7) is 1.39. The Morgan fingerprint density at radius 2 is 1.39 bits per heavy atom. The van der Waals surface area contributed by atoms with E-state index in [1.165, 1.54) is 19.1 Å². The third-order valence-corrected chi connectivity index (χ3v) is 5.89. The number of benzene rings is 3. The van der Waals surface area contributed by atoms with Crippen LogP contribution in [-0.4, -0.2) is 26.3 Å². The normalized spacial score (nSPS) is 12.0. The lowest BCUT2D eigenvalue weighted by Gasteiger charge is -2.19. The van der Waals surface area contributed by atoms with Crippen molar-refractivity contribution in [1.29, 1.82) is 0 Å². The molecule has 3 rings (SSSR count). The van der Waals surface area contributed by atoms with Crippen LogP contribution in [0.25, 0.3) is 0 Å². The van der Waals surface area contributed by atoms with Crippen LogP contribution in [0.1, 0.15) is 12.5 Å². The van der Waals surface area contributed by atoms with Crippen LogP contribution in [0, 0.1) is 0 Å². The van der Waals surface area contributed by atoms with Gasteiger partial charge in [-0.1, -0.05) is 54.6 Å². The van der Waals surface area contributed by atoms with Gasteiger partial charge in [-0.05, 0) is 42.3 Å². The van der Waals surface area contributed by atoms with Crippen molar-refractivity contribution < 1.29 is 18.0 Å². The minimum absolute atomic E-state index is 0.0773. The molecule has 31 heavy (non-hydrogen) atoms. The van der Waals surface area contributed by atoms with Gasteiger partial charge < -0.3 is 10.6 Å². The number of hydrogen-bond acceptors (Lipinski definition) is 4.